The van der Waals surface area contributed by atoms with E-state index in [1.165, 1.54) is 12.1 Å². The average Bonchev–Trinajstić information content (AvgIpc) is 2.83. The van der Waals surface area contributed by atoms with E-state index in [0.29, 0.717) is 27.9 Å². The quantitative estimate of drug-likeness (QED) is 0.277. The van der Waals surface area contributed by atoms with Crippen LogP contribution in [0.2, 0.25) is 0 Å². The molecule has 5 rings (SSSR count). The molecule has 1 aliphatic rings. The van der Waals surface area contributed by atoms with Gasteiger partial charge in [-0.1, -0.05) is 54.1 Å². The third-order valence-electron chi connectivity index (χ3n) is 5.67. The summed E-state index contributed by atoms with van der Waals surface area (Å²) in [4.78, 5) is 25.0. The number of rotatable bonds is 3. The molecule has 3 aromatic carbocycles. The molecule has 7 heteroatoms. The first-order valence-electron chi connectivity index (χ1n) is 10.5. The second-order valence-corrected chi connectivity index (χ2v) is 7.91. The summed E-state index contributed by atoms with van der Waals surface area (Å²) >= 11 is 0. The Hall–Kier alpha value is -4.83. The van der Waals surface area contributed by atoms with Crippen LogP contribution in [0.5, 0.6) is 11.5 Å². The molecule has 2 N–H and O–H groups in total. The van der Waals surface area contributed by atoms with Gasteiger partial charge >= 0.3 is 11.6 Å². The number of aryl methyl sites for hydroxylation is 1. The number of hydrogen-bond donors (Lipinski definition) is 1. The lowest BCUT2D eigenvalue weighted by atomic mass is 9.83. The molecular weight excluding hydrogens is 432 g/mol. The van der Waals surface area contributed by atoms with Crippen molar-refractivity contribution in [3.05, 3.63) is 117 Å². The van der Waals surface area contributed by atoms with Gasteiger partial charge in [0.25, 0.3) is 0 Å². The molecule has 4 aromatic rings. The van der Waals surface area contributed by atoms with Gasteiger partial charge in [0, 0.05) is 17.0 Å². The Kier molecular flexibility index (Phi) is 5.11. The second-order valence-electron chi connectivity index (χ2n) is 7.91. The zero-order chi connectivity index (χ0) is 23.8. The predicted molar refractivity (Wildman–Crippen MR) is 124 cm³/mol. The maximum Gasteiger partial charge on any atom is 0.351 e. The Morgan fingerprint density at radius 1 is 1.06 bits per heavy atom. The van der Waals surface area contributed by atoms with Gasteiger partial charge in [-0.25, -0.2) is 9.59 Å². The Morgan fingerprint density at radius 3 is 2.59 bits per heavy atom. The van der Waals surface area contributed by atoms with Crippen LogP contribution in [0.3, 0.4) is 0 Å². The van der Waals surface area contributed by atoms with Crippen LogP contribution in [0.25, 0.3) is 11.0 Å². The highest BCUT2D eigenvalue weighted by Crippen LogP contribution is 2.43. The number of nitriles is 1. The molecular formula is C27H18N2O5. The lowest BCUT2D eigenvalue weighted by molar-refractivity contribution is 0.0730. The molecule has 0 amide bonds. The van der Waals surface area contributed by atoms with Gasteiger partial charge in [-0.05, 0) is 30.7 Å². The Labute approximate surface area is 194 Å². The topological polar surface area (TPSA) is 116 Å². The van der Waals surface area contributed by atoms with E-state index < -0.39 is 17.5 Å². The second kappa shape index (κ2) is 8.26. The molecule has 1 aliphatic heterocycles. The standard InChI is InChI=1S/C27H18N2O5/c1-15-6-8-16(9-7-15)24-19-11-10-18(13-23(19)33-25(29)21(24)14-28)32-26(30)20-12-17-4-2-3-5-22(17)34-27(20)31/h2-13,24H,29H2,1H3. The summed E-state index contributed by atoms with van der Waals surface area (Å²) in [6, 6.07) is 23.1. The molecule has 34 heavy (non-hydrogen) atoms. The van der Waals surface area contributed by atoms with Gasteiger partial charge in [-0.2, -0.15) is 5.26 Å². The van der Waals surface area contributed by atoms with E-state index in [2.05, 4.69) is 6.07 Å². The van der Waals surface area contributed by atoms with E-state index in [-0.39, 0.29) is 17.2 Å². The first kappa shape index (κ1) is 21.0. The van der Waals surface area contributed by atoms with Crippen LogP contribution in [0.1, 0.15) is 33.0 Å². The van der Waals surface area contributed by atoms with Gasteiger partial charge in [-0.3, -0.25) is 0 Å². The fourth-order valence-corrected chi connectivity index (χ4v) is 3.97. The van der Waals surface area contributed by atoms with Gasteiger partial charge < -0.3 is 19.6 Å². The number of nitrogens with zero attached hydrogens (tertiary/aromatic N) is 1. The largest absolute Gasteiger partial charge is 0.440 e. The normalized spacial score (nSPS) is 14.8. The summed E-state index contributed by atoms with van der Waals surface area (Å²) in [5.41, 5.74) is 8.40. The average molecular weight is 450 g/mol. The fraction of sp³-hybridized carbons (Fsp3) is 0.0741. The lowest BCUT2D eigenvalue weighted by Gasteiger charge is -2.26. The van der Waals surface area contributed by atoms with Crippen LogP contribution in [-0.2, 0) is 0 Å². The van der Waals surface area contributed by atoms with Gasteiger partial charge in [0.15, 0.2) is 0 Å². The van der Waals surface area contributed by atoms with E-state index in [4.69, 9.17) is 19.6 Å². The molecule has 0 bridgehead atoms. The van der Waals surface area contributed by atoms with Crippen molar-refractivity contribution in [3.63, 3.8) is 0 Å². The van der Waals surface area contributed by atoms with E-state index in [0.717, 1.165) is 11.1 Å². The van der Waals surface area contributed by atoms with E-state index in [9.17, 15) is 14.9 Å². The number of fused-ring (bicyclic) bond motifs is 2. The summed E-state index contributed by atoms with van der Waals surface area (Å²) in [6.07, 6.45) is 0. The van der Waals surface area contributed by atoms with Gasteiger partial charge in [-0.15, -0.1) is 0 Å². The van der Waals surface area contributed by atoms with Crippen LogP contribution in [0, 0.1) is 18.3 Å². The number of carbonyl (C=O) groups excluding carboxylic acids is 1. The summed E-state index contributed by atoms with van der Waals surface area (Å²) in [6.45, 7) is 1.98. The molecule has 1 aromatic heterocycles. The number of hydrogen-bond acceptors (Lipinski definition) is 7. The lowest BCUT2D eigenvalue weighted by Crippen LogP contribution is -2.21. The Morgan fingerprint density at radius 2 is 1.82 bits per heavy atom. The summed E-state index contributed by atoms with van der Waals surface area (Å²) < 4.78 is 16.3. The number of esters is 1. The van der Waals surface area contributed by atoms with E-state index >= 15 is 0 Å². The van der Waals surface area contributed by atoms with Crippen molar-refractivity contribution < 1.29 is 18.7 Å². The molecule has 0 saturated heterocycles. The van der Waals surface area contributed by atoms with Gasteiger partial charge in [0.1, 0.15) is 34.3 Å². The third kappa shape index (κ3) is 3.67. The van der Waals surface area contributed by atoms with Crippen molar-refractivity contribution >= 4 is 16.9 Å². The highest BCUT2D eigenvalue weighted by Gasteiger charge is 2.31. The molecule has 0 spiro atoms. The third-order valence-corrected chi connectivity index (χ3v) is 5.67. The van der Waals surface area contributed by atoms with Crippen molar-refractivity contribution in [1.29, 1.82) is 5.26 Å². The number of nitrogens with two attached hydrogens (primary N) is 1. The van der Waals surface area contributed by atoms with Crippen LogP contribution in [0.4, 0.5) is 0 Å². The van der Waals surface area contributed by atoms with Gasteiger partial charge in [0.05, 0.1) is 5.92 Å². The Balaban J connectivity index is 1.49. The smallest absolute Gasteiger partial charge is 0.351 e. The first-order chi connectivity index (χ1) is 16.4. The molecule has 1 unspecified atom stereocenters. The van der Waals surface area contributed by atoms with Crippen molar-refractivity contribution in [1.82, 2.24) is 0 Å². The minimum absolute atomic E-state index is 0.0146. The zero-order valence-corrected chi connectivity index (χ0v) is 18.1. The summed E-state index contributed by atoms with van der Waals surface area (Å²) in [5, 5.41) is 10.3. The molecule has 0 aliphatic carbocycles. The number of benzene rings is 3. The Bertz CT molecular complexity index is 1580. The van der Waals surface area contributed by atoms with E-state index in [1.54, 1.807) is 36.4 Å². The first-order valence-corrected chi connectivity index (χ1v) is 10.5. The van der Waals surface area contributed by atoms with Crippen LogP contribution < -0.4 is 20.8 Å². The van der Waals surface area contributed by atoms with Crippen LogP contribution >= 0.6 is 0 Å². The van der Waals surface area contributed by atoms with E-state index in [1.807, 2.05) is 31.2 Å². The number of allylic oxidation sites excluding steroid dienone is 1. The molecule has 7 nitrogen and oxygen atoms in total. The molecule has 2 heterocycles. The molecule has 0 saturated carbocycles. The minimum Gasteiger partial charge on any atom is -0.440 e. The maximum absolute atomic E-state index is 12.7. The summed E-state index contributed by atoms with van der Waals surface area (Å²) in [7, 11) is 0. The maximum atomic E-state index is 12.7. The number of carbonyl (C=O) groups is 1. The van der Waals surface area contributed by atoms with Gasteiger partial charge in [0.2, 0.25) is 5.88 Å². The predicted octanol–water partition coefficient (Wildman–Crippen LogP) is 4.54. The monoisotopic (exact) mass is 450 g/mol. The van der Waals surface area contributed by atoms with Crippen LogP contribution in [0.15, 0.2) is 93.5 Å². The fourth-order valence-electron chi connectivity index (χ4n) is 3.97. The van der Waals surface area contributed by atoms with Crippen molar-refractivity contribution in [3.8, 4) is 17.6 Å². The number of para-hydroxylation sites is 1. The highest BCUT2D eigenvalue weighted by molar-refractivity contribution is 5.94. The molecule has 0 radical (unpaired) electrons. The summed E-state index contributed by atoms with van der Waals surface area (Å²) in [5.74, 6) is -0.775. The SMILES string of the molecule is Cc1ccc(C2C(C#N)=C(N)Oc3cc(OC(=O)c4cc5ccccc5oc4=O)ccc32)cc1. The minimum atomic E-state index is -0.855. The van der Waals surface area contributed by atoms with Crippen molar-refractivity contribution in [2.24, 2.45) is 5.73 Å². The van der Waals surface area contributed by atoms with Crippen LogP contribution in [-0.4, -0.2) is 5.97 Å². The highest BCUT2D eigenvalue weighted by atomic mass is 16.5. The number of ether oxygens (including phenoxy) is 2. The van der Waals surface area contributed by atoms with Crippen molar-refractivity contribution in [2.75, 3.05) is 0 Å². The van der Waals surface area contributed by atoms with Crippen molar-refractivity contribution in [2.45, 2.75) is 12.8 Å². The molecule has 166 valence electrons. The molecule has 1 atom stereocenters. The zero-order valence-electron chi connectivity index (χ0n) is 18.1. The molecule has 0 fully saturated rings.